The lowest BCUT2D eigenvalue weighted by atomic mass is 9.99. The number of methoxy groups -OCH3 is 1. The second-order valence-corrected chi connectivity index (χ2v) is 4.34. The van der Waals surface area contributed by atoms with E-state index in [-0.39, 0.29) is 22.3 Å². The lowest BCUT2D eigenvalue weighted by Crippen LogP contribution is -2.11. The van der Waals surface area contributed by atoms with E-state index in [1.807, 2.05) is 0 Å². The molecule has 0 unspecified atom stereocenters. The minimum Gasteiger partial charge on any atom is -0.465 e. The molecule has 3 rings (SSSR count). The van der Waals surface area contributed by atoms with Gasteiger partial charge in [-0.15, -0.1) is 0 Å². The number of esters is 1. The fraction of sp³-hybridized carbons (Fsp3) is 0.133. The first kappa shape index (κ1) is 11.8. The van der Waals surface area contributed by atoms with Crippen LogP contribution in [0.3, 0.4) is 0 Å². The van der Waals surface area contributed by atoms with Gasteiger partial charge in [0.25, 0.3) is 5.92 Å². The molecule has 0 aliphatic heterocycles. The standard InChI is InChI=1S/C15H10F2O2/c1-19-14(18)10-6-4-8-12-13(10)9-5-2-3-7-11(9)15(12,16)17/h2-8H,1H3. The number of fused-ring (bicyclic) bond motifs is 3. The van der Waals surface area contributed by atoms with Crippen LogP contribution in [0.5, 0.6) is 0 Å². The van der Waals surface area contributed by atoms with Gasteiger partial charge in [0.2, 0.25) is 0 Å². The maximum Gasteiger partial charge on any atom is 0.338 e. The number of carbonyl (C=O) groups excluding carboxylic acids is 1. The average Bonchev–Trinajstić information content (AvgIpc) is 2.68. The van der Waals surface area contributed by atoms with Crippen molar-refractivity contribution in [1.82, 2.24) is 0 Å². The highest BCUT2D eigenvalue weighted by Crippen LogP contribution is 2.51. The van der Waals surface area contributed by atoms with Crippen LogP contribution in [-0.4, -0.2) is 13.1 Å². The van der Waals surface area contributed by atoms with Gasteiger partial charge in [-0.25, -0.2) is 4.79 Å². The van der Waals surface area contributed by atoms with Gasteiger partial charge in [-0.05, 0) is 11.6 Å². The fourth-order valence-corrected chi connectivity index (χ4v) is 2.50. The predicted octanol–water partition coefficient (Wildman–Crippen LogP) is 3.59. The second kappa shape index (κ2) is 3.88. The van der Waals surface area contributed by atoms with Crippen molar-refractivity contribution in [2.45, 2.75) is 5.92 Å². The van der Waals surface area contributed by atoms with E-state index in [0.29, 0.717) is 5.56 Å². The summed E-state index contributed by atoms with van der Waals surface area (Å²) in [5.74, 6) is -3.68. The van der Waals surface area contributed by atoms with Crippen LogP contribution in [0, 0.1) is 0 Å². The summed E-state index contributed by atoms with van der Waals surface area (Å²) >= 11 is 0. The Bertz CT molecular complexity index is 678. The van der Waals surface area contributed by atoms with E-state index in [1.54, 1.807) is 18.2 Å². The van der Waals surface area contributed by atoms with E-state index in [9.17, 15) is 13.6 Å². The lowest BCUT2D eigenvalue weighted by molar-refractivity contribution is 0.0479. The van der Waals surface area contributed by atoms with Crippen LogP contribution in [0.2, 0.25) is 0 Å². The van der Waals surface area contributed by atoms with E-state index < -0.39 is 11.9 Å². The zero-order valence-corrected chi connectivity index (χ0v) is 10.1. The first-order valence-electron chi connectivity index (χ1n) is 5.77. The Balaban J connectivity index is 2.37. The molecule has 19 heavy (non-hydrogen) atoms. The summed E-state index contributed by atoms with van der Waals surface area (Å²) in [5.41, 5.74) is 0.626. The number of carbonyl (C=O) groups is 1. The van der Waals surface area contributed by atoms with Crippen molar-refractivity contribution in [2.24, 2.45) is 0 Å². The molecule has 2 aromatic rings. The third-order valence-corrected chi connectivity index (χ3v) is 3.34. The van der Waals surface area contributed by atoms with Crippen LogP contribution in [0.1, 0.15) is 21.5 Å². The van der Waals surface area contributed by atoms with Crippen molar-refractivity contribution in [3.05, 3.63) is 59.2 Å². The van der Waals surface area contributed by atoms with Crippen molar-refractivity contribution >= 4 is 5.97 Å². The van der Waals surface area contributed by atoms with Gasteiger partial charge in [-0.1, -0.05) is 36.4 Å². The number of hydrogen-bond acceptors (Lipinski definition) is 2. The van der Waals surface area contributed by atoms with Gasteiger partial charge in [0.05, 0.1) is 12.7 Å². The predicted molar refractivity (Wildman–Crippen MR) is 66.2 cm³/mol. The Morgan fingerprint density at radius 2 is 1.74 bits per heavy atom. The Kier molecular flexibility index (Phi) is 2.42. The molecule has 0 N–H and O–H groups in total. The van der Waals surface area contributed by atoms with Crippen LogP contribution in [0.15, 0.2) is 42.5 Å². The van der Waals surface area contributed by atoms with Gasteiger partial charge >= 0.3 is 5.97 Å². The summed E-state index contributed by atoms with van der Waals surface area (Å²) in [7, 11) is 1.24. The highest BCUT2D eigenvalue weighted by atomic mass is 19.3. The summed E-state index contributed by atoms with van der Waals surface area (Å²) in [6, 6.07) is 10.5. The summed E-state index contributed by atoms with van der Waals surface area (Å²) in [6.07, 6.45) is 0. The highest BCUT2D eigenvalue weighted by molar-refractivity contribution is 6.00. The summed E-state index contributed by atoms with van der Waals surface area (Å²) in [5, 5.41) is 0. The molecule has 96 valence electrons. The third kappa shape index (κ3) is 1.49. The van der Waals surface area contributed by atoms with Crippen LogP contribution in [0.25, 0.3) is 11.1 Å². The first-order chi connectivity index (χ1) is 9.07. The van der Waals surface area contributed by atoms with Crippen LogP contribution in [0.4, 0.5) is 8.78 Å². The molecule has 0 atom stereocenters. The number of alkyl halides is 2. The molecule has 0 fully saturated rings. The largest absolute Gasteiger partial charge is 0.465 e. The second-order valence-electron chi connectivity index (χ2n) is 4.34. The van der Waals surface area contributed by atoms with Gasteiger partial charge in [0, 0.05) is 16.7 Å². The van der Waals surface area contributed by atoms with Crippen LogP contribution < -0.4 is 0 Å². The average molecular weight is 260 g/mol. The Hall–Kier alpha value is -2.23. The molecule has 4 heteroatoms. The monoisotopic (exact) mass is 260 g/mol. The summed E-state index contributed by atoms with van der Waals surface area (Å²) in [4.78, 5) is 11.7. The molecule has 1 aliphatic rings. The fourth-order valence-electron chi connectivity index (χ4n) is 2.50. The van der Waals surface area contributed by atoms with Crippen molar-refractivity contribution in [1.29, 1.82) is 0 Å². The van der Waals surface area contributed by atoms with Crippen molar-refractivity contribution in [3.8, 4) is 11.1 Å². The van der Waals surface area contributed by atoms with Crippen molar-refractivity contribution in [2.75, 3.05) is 7.11 Å². The molecular formula is C15H10F2O2. The quantitative estimate of drug-likeness (QED) is 0.732. The smallest absolute Gasteiger partial charge is 0.338 e. The molecule has 0 amide bonds. The van der Waals surface area contributed by atoms with Gasteiger partial charge in [-0.2, -0.15) is 8.78 Å². The zero-order chi connectivity index (χ0) is 13.6. The molecular weight excluding hydrogens is 250 g/mol. The minimum atomic E-state index is -3.07. The molecule has 0 saturated heterocycles. The van der Waals surface area contributed by atoms with E-state index >= 15 is 0 Å². The number of benzene rings is 2. The molecule has 0 heterocycles. The number of hydrogen-bond donors (Lipinski definition) is 0. The maximum atomic E-state index is 14.3. The Labute approximate surface area is 108 Å². The summed E-state index contributed by atoms with van der Waals surface area (Å²) < 4.78 is 33.3. The molecule has 0 bridgehead atoms. The van der Waals surface area contributed by atoms with Gasteiger partial charge in [0.15, 0.2) is 0 Å². The first-order valence-corrected chi connectivity index (χ1v) is 5.77. The zero-order valence-electron chi connectivity index (χ0n) is 10.1. The van der Waals surface area contributed by atoms with Gasteiger partial charge in [0.1, 0.15) is 0 Å². The van der Waals surface area contributed by atoms with Crippen molar-refractivity contribution < 1.29 is 18.3 Å². The number of ether oxygens (including phenoxy) is 1. The van der Waals surface area contributed by atoms with Crippen molar-refractivity contribution in [3.63, 3.8) is 0 Å². The molecule has 0 radical (unpaired) electrons. The SMILES string of the molecule is COC(=O)c1cccc2c1-c1ccccc1C2(F)F. The molecule has 0 spiro atoms. The third-order valence-electron chi connectivity index (χ3n) is 3.34. The number of rotatable bonds is 1. The van der Waals surface area contributed by atoms with E-state index in [0.717, 1.165) is 0 Å². The summed E-state index contributed by atoms with van der Waals surface area (Å²) in [6.45, 7) is 0. The maximum absolute atomic E-state index is 14.3. The molecule has 1 aliphatic carbocycles. The number of halogens is 2. The normalized spacial score (nSPS) is 14.7. The van der Waals surface area contributed by atoms with E-state index in [2.05, 4.69) is 4.74 Å². The topological polar surface area (TPSA) is 26.3 Å². The minimum absolute atomic E-state index is 0.0682. The lowest BCUT2D eigenvalue weighted by Gasteiger charge is -2.12. The van der Waals surface area contributed by atoms with Crippen LogP contribution in [-0.2, 0) is 10.7 Å². The Morgan fingerprint density at radius 3 is 2.47 bits per heavy atom. The molecule has 2 aromatic carbocycles. The van der Waals surface area contributed by atoms with E-state index in [1.165, 1.54) is 31.4 Å². The Morgan fingerprint density at radius 1 is 1.05 bits per heavy atom. The van der Waals surface area contributed by atoms with Gasteiger partial charge < -0.3 is 4.74 Å². The molecule has 0 saturated carbocycles. The van der Waals surface area contributed by atoms with E-state index in [4.69, 9.17) is 0 Å². The molecule has 2 nitrogen and oxygen atoms in total. The van der Waals surface area contributed by atoms with Crippen LogP contribution >= 0.6 is 0 Å². The highest BCUT2D eigenvalue weighted by Gasteiger charge is 2.45. The van der Waals surface area contributed by atoms with Gasteiger partial charge in [-0.3, -0.25) is 0 Å². The molecule has 0 aromatic heterocycles.